The minimum absolute atomic E-state index is 0.824. The molecule has 4 nitrogen and oxygen atoms in total. The van der Waals surface area contributed by atoms with Crippen molar-refractivity contribution in [1.82, 2.24) is 8.75 Å². The molecule has 0 saturated heterocycles. The number of aromatic nitrogens is 2. The van der Waals surface area contributed by atoms with E-state index in [0.717, 1.165) is 67.4 Å². The number of anilines is 6. The van der Waals surface area contributed by atoms with Crippen molar-refractivity contribution in [2.75, 3.05) is 9.80 Å². The lowest BCUT2D eigenvalue weighted by Crippen LogP contribution is -2.09. The highest BCUT2D eigenvalue weighted by atomic mass is 32.1. The van der Waals surface area contributed by atoms with Gasteiger partial charge in [0, 0.05) is 45.3 Å². The Morgan fingerprint density at radius 1 is 0.367 bits per heavy atom. The van der Waals surface area contributed by atoms with Crippen LogP contribution in [0.5, 0.6) is 0 Å². The summed E-state index contributed by atoms with van der Waals surface area (Å²) in [5.41, 5.74) is 12.2. The molecule has 0 radical (unpaired) electrons. The molecule has 1 aromatic heterocycles. The van der Waals surface area contributed by atoms with E-state index in [1.54, 1.807) is 0 Å². The van der Waals surface area contributed by atoms with Crippen molar-refractivity contribution in [3.63, 3.8) is 0 Å². The third kappa shape index (κ3) is 6.29. The van der Waals surface area contributed by atoms with Gasteiger partial charge in [-0.2, -0.15) is 8.75 Å². The summed E-state index contributed by atoms with van der Waals surface area (Å²) in [7, 11) is 0. The first-order valence-corrected chi connectivity index (χ1v) is 16.8. The van der Waals surface area contributed by atoms with Gasteiger partial charge in [0.1, 0.15) is 11.0 Å². The molecule has 5 heteroatoms. The molecule has 0 spiro atoms. The topological polar surface area (TPSA) is 32.3 Å². The summed E-state index contributed by atoms with van der Waals surface area (Å²) in [4.78, 5) is 4.50. The monoisotopic (exact) mass is 646 g/mol. The Bertz CT molecular complexity index is 2280. The standard InChI is InChI=1S/C44H30N4S/c1-5-13-36(14-6-1)47(37-15-7-2-8-16-37)40-28-22-33(23-29-40)21-24-35-27-32-42(44-43(35)45-49-46-44)34-25-30-41(31-26-34)48(38-17-9-3-10-18-38)39-19-11-4-12-20-39/h1-20,22-23,25-32H. The van der Waals surface area contributed by atoms with Gasteiger partial charge in [-0.05, 0) is 96.6 Å². The third-order valence-corrected chi connectivity index (χ3v) is 8.90. The SMILES string of the molecule is C(#Cc1ccc(-c2ccc(N(c3ccccc3)c3ccccc3)cc2)c2nsnc12)c1ccc(N(c2ccccc2)c2ccccc2)cc1. The van der Waals surface area contributed by atoms with E-state index in [-0.39, 0.29) is 0 Å². The molecule has 7 aromatic carbocycles. The molecule has 8 rings (SSSR count). The van der Waals surface area contributed by atoms with Gasteiger partial charge in [0.25, 0.3) is 0 Å². The van der Waals surface area contributed by atoms with E-state index < -0.39 is 0 Å². The molecule has 0 fully saturated rings. The Balaban J connectivity index is 1.07. The molecule has 0 aliphatic rings. The Labute approximate surface area is 290 Å². The van der Waals surface area contributed by atoms with Crippen LogP contribution in [0.2, 0.25) is 0 Å². The van der Waals surface area contributed by atoms with Gasteiger partial charge in [-0.3, -0.25) is 0 Å². The number of benzene rings is 7. The van der Waals surface area contributed by atoms with Crippen molar-refractivity contribution in [2.45, 2.75) is 0 Å². The number of nitrogens with zero attached hydrogens (tertiary/aromatic N) is 4. The second-order valence-corrected chi connectivity index (χ2v) is 12.0. The first-order valence-electron chi connectivity index (χ1n) is 16.1. The summed E-state index contributed by atoms with van der Waals surface area (Å²) in [6.45, 7) is 0. The molecule has 0 atom stereocenters. The lowest BCUT2D eigenvalue weighted by atomic mass is 10.0. The molecule has 8 aromatic rings. The molecule has 0 unspecified atom stereocenters. The smallest absolute Gasteiger partial charge is 0.121 e. The van der Waals surface area contributed by atoms with Crippen LogP contribution in [0.15, 0.2) is 182 Å². The van der Waals surface area contributed by atoms with Gasteiger partial charge >= 0.3 is 0 Å². The molecule has 0 aliphatic carbocycles. The molecule has 0 bridgehead atoms. The van der Waals surface area contributed by atoms with Crippen LogP contribution in [0.1, 0.15) is 11.1 Å². The van der Waals surface area contributed by atoms with Crippen molar-refractivity contribution in [3.8, 4) is 23.0 Å². The molecular weight excluding hydrogens is 617 g/mol. The van der Waals surface area contributed by atoms with Gasteiger partial charge in [-0.25, -0.2) is 0 Å². The van der Waals surface area contributed by atoms with Crippen LogP contribution in [0.4, 0.5) is 34.1 Å². The van der Waals surface area contributed by atoms with Crippen molar-refractivity contribution in [1.29, 1.82) is 0 Å². The van der Waals surface area contributed by atoms with Gasteiger partial charge in [-0.1, -0.05) is 103 Å². The summed E-state index contributed by atoms with van der Waals surface area (Å²) >= 11 is 1.22. The zero-order valence-corrected chi connectivity index (χ0v) is 27.3. The van der Waals surface area contributed by atoms with Crippen LogP contribution in [0, 0.1) is 11.8 Å². The largest absolute Gasteiger partial charge is 0.311 e. The van der Waals surface area contributed by atoms with Crippen molar-refractivity contribution in [2.24, 2.45) is 0 Å². The molecule has 0 amide bonds. The van der Waals surface area contributed by atoms with Crippen molar-refractivity contribution in [3.05, 3.63) is 193 Å². The van der Waals surface area contributed by atoms with Crippen LogP contribution in [-0.4, -0.2) is 8.75 Å². The van der Waals surface area contributed by atoms with E-state index in [2.05, 4.69) is 184 Å². The minimum atomic E-state index is 0.824. The average Bonchev–Trinajstić information content (AvgIpc) is 3.68. The van der Waals surface area contributed by atoms with E-state index in [1.165, 1.54) is 11.7 Å². The summed E-state index contributed by atoms with van der Waals surface area (Å²) in [6.07, 6.45) is 0. The molecule has 232 valence electrons. The van der Waals surface area contributed by atoms with Crippen LogP contribution < -0.4 is 9.80 Å². The summed E-state index contributed by atoms with van der Waals surface area (Å²) in [6, 6.07) is 62.8. The highest BCUT2D eigenvalue weighted by molar-refractivity contribution is 7.00. The molecule has 49 heavy (non-hydrogen) atoms. The first kappa shape index (κ1) is 29.9. The predicted octanol–water partition coefficient (Wildman–Crippen LogP) is 11.7. The summed E-state index contributed by atoms with van der Waals surface area (Å²) in [5.74, 6) is 6.74. The van der Waals surface area contributed by atoms with E-state index in [9.17, 15) is 0 Å². The van der Waals surface area contributed by atoms with E-state index in [4.69, 9.17) is 4.37 Å². The maximum atomic E-state index is 4.70. The van der Waals surface area contributed by atoms with Crippen LogP contribution in [-0.2, 0) is 0 Å². The number of hydrogen-bond acceptors (Lipinski definition) is 5. The number of hydrogen-bond donors (Lipinski definition) is 0. The van der Waals surface area contributed by atoms with Crippen molar-refractivity contribution < 1.29 is 0 Å². The van der Waals surface area contributed by atoms with Gasteiger partial charge in [0.05, 0.1) is 17.3 Å². The van der Waals surface area contributed by atoms with Gasteiger partial charge in [0.2, 0.25) is 0 Å². The maximum Gasteiger partial charge on any atom is 0.121 e. The lowest BCUT2D eigenvalue weighted by molar-refractivity contribution is 1.28. The Morgan fingerprint density at radius 3 is 1.24 bits per heavy atom. The normalized spacial score (nSPS) is 10.7. The highest BCUT2D eigenvalue weighted by Gasteiger charge is 2.15. The second kappa shape index (κ2) is 13.7. The molecule has 0 aliphatic heterocycles. The van der Waals surface area contributed by atoms with Crippen LogP contribution in [0.3, 0.4) is 0 Å². The summed E-state index contributed by atoms with van der Waals surface area (Å²) < 4.78 is 9.36. The first-order chi connectivity index (χ1) is 24.3. The zero-order chi connectivity index (χ0) is 32.8. The van der Waals surface area contributed by atoms with Crippen LogP contribution >= 0.6 is 11.7 Å². The minimum Gasteiger partial charge on any atom is -0.311 e. The van der Waals surface area contributed by atoms with E-state index in [0.29, 0.717) is 0 Å². The van der Waals surface area contributed by atoms with Gasteiger partial charge < -0.3 is 9.80 Å². The fraction of sp³-hybridized carbons (Fsp3) is 0. The van der Waals surface area contributed by atoms with E-state index >= 15 is 0 Å². The third-order valence-electron chi connectivity index (χ3n) is 8.38. The maximum absolute atomic E-state index is 4.70. The zero-order valence-electron chi connectivity index (χ0n) is 26.5. The fourth-order valence-electron chi connectivity index (χ4n) is 6.03. The van der Waals surface area contributed by atoms with Gasteiger partial charge in [-0.15, -0.1) is 0 Å². The quantitative estimate of drug-likeness (QED) is 0.161. The fourth-order valence-corrected chi connectivity index (χ4v) is 6.60. The van der Waals surface area contributed by atoms with Crippen LogP contribution in [0.25, 0.3) is 22.2 Å². The predicted molar refractivity (Wildman–Crippen MR) is 205 cm³/mol. The molecular formula is C44H30N4S. The molecule has 0 N–H and O–H groups in total. The Kier molecular flexibility index (Phi) is 8.36. The second-order valence-electron chi connectivity index (χ2n) is 11.5. The lowest BCUT2D eigenvalue weighted by Gasteiger charge is -2.25. The van der Waals surface area contributed by atoms with E-state index in [1.807, 2.05) is 24.3 Å². The summed E-state index contributed by atoms with van der Waals surface area (Å²) in [5, 5.41) is 0. The molecule has 0 saturated carbocycles. The highest BCUT2D eigenvalue weighted by Crippen LogP contribution is 2.37. The molecule has 1 heterocycles. The van der Waals surface area contributed by atoms with Gasteiger partial charge in [0.15, 0.2) is 0 Å². The van der Waals surface area contributed by atoms with Crippen molar-refractivity contribution >= 4 is 56.9 Å². The Hall–Kier alpha value is -6.48. The Morgan fingerprint density at radius 2 is 0.776 bits per heavy atom. The number of rotatable bonds is 7. The average molecular weight is 647 g/mol. The number of para-hydroxylation sites is 4. The number of fused-ring (bicyclic) bond motifs is 1.